The third-order valence-corrected chi connectivity index (χ3v) is 0.321. The van der Waals surface area contributed by atoms with Crippen molar-refractivity contribution in [3.05, 3.63) is 0 Å². The lowest BCUT2D eigenvalue weighted by molar-refractivity contribution is -0.339. The Morgan fingerprint density at radius 3 is 0.667 bits per heavy atom. The van der Waals surface area contributed by atoms with Crippen molar-refractivity contribution in [3.63, 3.8) is 0 Å². The van der Waals surface area contributed by atoms with E-state index in [2.05, 4.69) is 0 Å². The molecule has 0 saturated carbocycles. The Bertz CT molecular complexity index is 66.0. The first-order valence-electron chi connectivity index (χ1n) is 1.38. The predicted molar refractivity (Wildman–Crippen MR) is 22.5 cm³/mol. The molecule has 0 rings (SSSR count). The number of hydrogen-bond donors (Lipinski definition) is 0. The van der Waals surface area contributed by atoms with Gasteiger partial charge < -0.3 is 0 Å². The van der Waals surface area contributed by atoms with Crippen molar-refractivity contribution in [2.45, 2.75) is 12.4 Å². The van der Waals surface area contributed by atoms with Crippen molar-refractivity contribution in [2.75, 3.05) is 0 Å². The van der Waals surface area contributed by atoms with Crippen molar-refractivity contribution in [1.82, 2.24) is 0 Å². The van der Waals surface area contributed by atoms with E-state index in [1.807, 2.05) is 0 Å². The molecule has 0 aliphatic heterocycles. The molecule has 0 N–H and O–H groups in total. The van der Waals surface area contributed by atoms with Gasteiger partial charge in [-0.3, -0.25) is 0 Å². The van der Waals surface area contributed by atoms with Gasteiger partial charge in [0.1, 0.15) is 0 Å². The van der Waals surface area contributed by atoms with Crippen LogP contribution in [0.5, 0.6) is 0 Å². The van der Waals surface area contributed by atoms with Gasteiger partial charge in [0.2, 0.25) is 0 Å². The molecule has 0 radical (unpaired) electrons. The van der Waals surface area contributed by atoms with Crippen molar-refractivity contribution in [2.24, 2.45) is 0 Å². The molecule has 9 heavy (non-hydrogen) atoms. The minimum atomic E-state index is -6.06. The lowest BCUT2D eigenvalue weighted by Gasteiger charge is -2.08. The highest BCUT2D eigenvalue weighted by molar-refractivity contribution is 7.59. The zero-order chi connectivity index (χ0) is 7.00. The lowest BCUT2D eigenvalue weighted by Crippen LogP contribution is -2.30. The first-order chi connectivity index (χ1) is 3.25. The summed E-state index contributed by atoms with van der Waals surface area (Å²) in [6.45, 7) is 0. The van der Waals surface area contributed by atoms with Crippen LogP contribution in [-0.4, -0.2) is 12.4 Å². The van der Waals surface area contributed by atoms with E-state index < -0.39 is 12.4 Å². The van der Waals surface area contributed by atoms with Crippen LogP contribution in [0.15, 0.2) is 0 Å². The summed E-state index contributed by atoms with van der Waals surface area (Å²) in [5.74, 6) is 0. The van der Waals surface area contributed by atoms with Gasteiger partial charge >= 0.3 is 12.4 Å². The second kappa shape index (κ2) is 2.68. The van der Waals surface area contributed by atoms with Gasteiger partial charge in [0, 0.05) is 0 Å². The van der Waals surface area contributed by atoms with Gasteiger partial charge in [-0.1, -0.05) is 0 Å². The van der Waals surface area contributed by atoms with E-state index in [9.17, 15) is 26.3 Å². The molecular weight excluding hydrogens is 170 g/mol. The van der Waals surface area contributed by atoms with Gasteiger partial charge in [0.25, 0.3) is 0 Å². The molecule has 0 aromatic heterocycles. The molecule has 58 valence electrons. The maximum absolute atomic E-state index is 10.4. The summed E-state index contributed by atoms with van der Waals surface area (Å²) < 4.78 is 62.6. The molecule has 0 saturated heterocycles. The maximum atomic E-state index is 10.4. The molecule has 0 nitrogen and oxygen atoms in total. The SMILES string of the molecule is FC(F)(F)C(F)(F)F.S. The molecule has 0 aromatic rings. The summed E-state index contributed by atoms with van der Waals surface area (Å²) in [6.07, 6.45) is -12.1. The van der Waals surface area contributed by atoms with Gasteiger partial charge in [0.15, 0.2) is 0 Å². The summed E-state index contributed by atoms with van der Waals surface area (Å²) in [5, 5.41) is 0. The number of hydrogen-bond acceptors (Lipinski definition) is 0. The topological polar surface area (TPSA) is 0 Å². The fourth-order valence-corrected chi connectivity index (χ4v) is 0. The Morgan fingerprint density at radius 1 is 0.556 bits per heavy atom. The van der Waals surface area contributed by atoms with E-state index in [1.165, 1.54) is 0 Å². The molecule has 0 bridgehead atoms. The molecule has 7 heteroatoms. The molecule has 0 atom stereocenters. The van der Waals surface area contributed by atoms with Crippen LogP contribution in [0.2, 0.25) is 0 Å². The van der Waals surface area contributed by atoms with E-state index in [4.69, 9.17) is 0 Å². The molecule has 0 heterocycles. The Morgan fingerprint density at radius 2 is 0.667 bits per heavy atom. The third kappa shape index (κ3) is 3.50. The first kappa shape index (κ1) is 11.7. The predicted octanol–water partition coefficient (Wildman–Crippen LogP) is 2.22. The number of rotatable bonds is 0. The Balaban J connectivity index is 0. The fourth-order valence-electron chi connectivity index (χ4n) is 0. The van der Waals surface area contributed by atoms with E-state index in [-0.39, 0.29) is 13.5 Å². The molecular formula is C2H2F6S. The Labute approximate surface area is 53.3 Å². The van der Waals surface area contributed by atoms with Crippen LogP contribution in [0.1, 0.15) is 0 Å². The summed E-state index contributed by atoms with van der Waals surface area (Å²) in [5.41, 5.74) is 0. The monoisotopic (exact) mass is 172 g/mol. The summed E-state index contributed by atoms with van der Waals surface area (Å²) >= 11 is 0. The number of alkyl halides is 6. The van der Waals surface area contributed by atoms with E-state index in [0.717, 1.165) is 0 Å². The van der Waals surface area contributed by atoms with Crippen molar-refractivity contribution in [3.8, 4) is 0 Å². The highest BCUT2D eigenvalue weighted by Gasteiger charge is 2.58. The molecule has 0 amide bonds. The minimum Gasteiger partial charge on any atom is -0.197 e. The van der Waals surface area contributed by atoms with Gasteiger partial charge in [-0.15, -0.1) is 0 Å². The third-order valence-electron chi connectivity index (χ3n) is 0.321. The molecule has 0 aromatic carbocycles. The van der Waals surface area contributed by atoms with Gasteiger partial charge in [-0.05, 0) is 0 Å². The summed E-state index contributed by atoms with van der Waals surface area (Å²) in [4.78, 5) is 0. The van der Waals surface area contributed by atoms with Crippen molar-refractivity contribution >= 4 is 13.5 Å². The van der Waals surface area contributed by atoms with E-state index >= 15 is 0 Å². The maximum Gasteiger partial charge on any atom is 0.487 e. The smallest absolute Gasteiger partial charge is 0.197 e. The zero-order valence-electron chi connectivity index (χ0n) is 3.77. The van der Waals surface area contributed by atoms with Crippen LogP contribution < -0.4 is 0 Å². The fraction of sp³-hybridized carbons (Fsp3) is 1.00. The van der Waals surface area contributed by atoms with Crippen LogP contribution >= 0.6 is 13.5 Å². The largest absolute Gasteiger partial charge is 0.487 e. The first-order valence-corrected chi connectivity index (χ1v) is 1.38. The van der Waals surface area contributed by atoms with Crippen LogP contribution in [-0.2, 0) is 0 Å². The average Bonchev–Trinajstić information content (AvgIpc) is 1.25. The second-order valence-electron chi connectivity index (χ2n) is 0.996. The van der Waals surface area contributed by atoms with Gasteiger partial charge in [-0.25, -0.2) is 0 Å². The van der Waals surface area contributed by atoms with E-state index in [0.29, 0.717) is 0 Å². The second-order valence-corrected chi connectivity index (χ2v) is 0.996. The summed E-state index contributed by atoms with van der Waals surface area (Å²) in [7, 11) is 0. The molecule has 0 aliphatic carbocycles. The Hall–Kier alpha value is -0.0700. The van der Waals surface area contributed by atoms with Crippen LogP contribution in [0.25, 0.3) is 0 Å². The molecule has 0 fully saturated rings. The Kier molecular flexibility index (Phi) is 3.48. The zero-order valence-corrected chi connectivity index (χ0v) is 4.77. The average molecular weight is 172 g/mol. The van der Waals surface area contributed by atoms with Gasteiger partial charge in [0.05, 0.1) is 0 Å². The van der Waals surface area contributed by atoms with Crippen LogP contribution in [0.4, 0.5) is 26.3 Å². The normalized spacial score (nSPS) is 12.7. The lowest BCUT2D eigenvalue weighted by atomic mass is 10.7. The quantitative estimate of drug-likeness (QED) is 0.491. The molecule has 0 unspecified atom stereocenters. The molecule has 0 aliphatic rings. The highest BCUT2D eigenvalue weighted by Crippen LogP contribution is 2.35. The highest BCUT2D eigenvalue weighted by atomic mass is 32.1. The molecule has 0 spiro atoms. The summed E-state index contributed by atoms with van der Waals surface area (Å²) in [6, 6.07) is 0. The number of halogens is 6. The minimum absolute atomic E-state index is 0. The van der Waals surface area contributed by atoms with Crippen LogP contribution in [0.3, 0.4) is 0 Å². The van der Waals surface area contributed by atoms with Crippen molar-refractivity contribution < 1.29 is 26.3 Å². The van der Waals surface area contributed by atoms with E-state index in [1.54, 1.807) is 0 Å². The van der Waals surface area contributed by atoms with Gasteiger partial charge in [-0.2, -0.15) is 39.8 Å². The standard InChI is InChI=1S/C2F6.H2S/c3-1(4,5)2(6,7)8;/h;1H2. The van der Waals surface area contributed by atoms with Crippen LogP contribution in [0, 0.1) is 0 Å². The van der Waals surface area contributed by atoms with Crippen molar-refractivity contribution in [1.29, 1.82) is 0 Å².